The SMILES string of the molecule is COc1cc(Br)cc(NC(=O)C2(N)CCOCC2)c1. The van der Waals surface area contributed by atoms with Crippen LogP contribution >= 0.6 is 15.9 Å². The van der Waals surface area contributed by atoms with E-state index in [9.17, 15) is 4.79 Å². The highest BCUT2D eigenvalue weighted by Gasteiger charge is 2.35. The highest BCUT2D eigenvalue weighted by Crippen LogP contribution is 2.26. The molecule has 0 atom stereocenters. The van der Waals surface area contributed by atoms with Crippen LogP contribution in [0.5, 0.6) is 5.75 Å². The topological polar surface area (TPSA) is 73.6 Å². The van der Waals surface area contributed by atoms with Crippen LogP contribution in [-0.4, -0.2) is 31.8 Å². The van der Waals surface area contributed by atoms with Gasteiger partial charge in [0.25, 0.3) is 0 Å². The number of anilines is 1. The van der Waals surface area contributed by atoms with E-state index in [2.05, 4.69) is 21.2 Å². The quantitative estimate of drug-likeness (QED) is 0.888. The van der Waals surface area contributed by atoms with Crippen molar-refractivity contribution in [2.45, 2.75) is 18.4 Å². The van der Waals surface area contributed by atoms with Crippen LogP contribution in [0.4, 0.5) is 5.69 Å². The third-order valence-electron chi connectivity index (χ3n) is 3.20. The third kappa shape index (κ3) is 3.46. The number of nitrogens with one attached hydrogen (secondary N) is 1. The molecule has 1 aromatic carbocycles. The van der Waals surface area contributed by atoms with E-state index in [1.807, 2.05) is 12.1 Å². The van der Waals surface area contributed by atoms with Crippen molar-refractivity contribution >= 4 is 27.5 Å². The molecular formula is C13H17BrN2O3. The maximum absolute atomic E-state index is 12.3. The Morgan fingerprint density at radius 2 is 2.11 bits per heavy atom. The summed E-state index contributed by atoms with van der Waals surface area (Å²) in [4.78, 5) is 12.3. The minimum absolute atomic E-state index is 0.184. The number of methoxy groups -OCH3 is 1. The molecule has 2 rings (SSSR count). The van der Waals surface area contributed by atoms with Crippen LogP contribution in [0.1, 0.15) is 12.8 Å². The minimum Gasteiger partial charge on any atom is -0.497 e. The first-order chi connectivity index (χ1) is 9.03. The number of carbonyl (C=O) groups excluding carboxylic acids is 1. The van der Waals surface area contributed by atoms with Crippen LogP contribution in [0.2, 0.25) is 0 Å². The Hall–Kier alpha value is -1.11. The van der Waals surface area contributed by atoms with Crippen molar-refractivity contribution in [3.8, 4) is 5.75 Å². The molecule has 1 amide bonds. The fourth-order valence-corrected chi connectivity index (χ4v) is 2.44. The molecular weight excluding hydrogens is 312 g/mol. The van der Waals surface area contributed by atoms with Crippen molar-refractivity contribution < 1.29 is 14.3 Å². The van der Waals surface area contributed by atoms with E-state index >= 15 is 0 Å². The Balaban J connectivity index is 2.12. The predicted octanol–water partition coefficient (Wildman–Crippen LogP) is 1.90. The number of carbonyl (C=O) groups is 1. The fraction of sp³-hybridized carbons (Fsp3) is 0.462. The minimum atomic E-state index is -0.853. The van der Waals surface area contributed by atoms with Gasteiger partial charge in [-0.1, -0.05) is 15.9 Å². The summed E-state index contributed by atoms with van der Waals surface area (Å²) >= 11 is 3.37. The number of amides is 1. The highest BCUT2D eigenvalue weighted by molar-refractivity contribution is 9.10. The lowest BCUT2D eigenvalue weighted by Gasteiger charge is -2.31. The molecule has 0 aliphatic carbocycles. The summed E-state index contributed by atoms with van der Waals surface area (Å²) in [5.41, 5.74) is 5.93. The number of halogens is 1. The van der Waals surface area contributed by atoms with Crippen molar-refractivity contribution in [3.63, 3.8) is 0 Å². The van der Waals surface area contributed by atoms with E-state index in [0.717, 1.165) is 4.47 Å². The molecule has 0 radical (unpaired) electrons. The molecule has 104 valence electrons. The first-order valence-corrected chi connectivity index (χ1v) is 6.85. The average molecular weight is 329 g/mol. The summed E-state index contributed by atoms with van der Waals surface area (Å²) in [6, 6.07) is 5.39. The summed E-state index contributed by atoms with van der Waals surface area (Å²) < 4.78 is 11.2. The van der Waals surface area contributed by atoms with E-state index in [1.54, 1.807) is 13.2 Å². The Labute approximate surface area is 120 Å². The smallest absolute Gasteiger partial charge is 0.244 e. The van der Waals surface area contributed by atoms with Gasteiger partial charge >= 0.3 is 0 Å². The molecule has 1 heterocycles. The van der Waals surface area contributed by atoms with Gasteiger partial charge in [0.15, 0.2) is 0 Å². The molecule has 1 saturated heterocycles. The van der Waals surface area contributed by atoms with Crippen molar-refractivity contribution in [2.75, 3.05) is 25.6 Å². The normalized spacial score (nSPS) is 17.8. The number of ether oxygens (including phenoxy) is 2. The Bertz CT molecular complexity index is 473. The second-order valence-electron chi connectivity index (χ2n) is 4.60. The molecule has 1 aromatic rings. The molecule has 0 aromatic heterocycles. The van der Waals surface area contributed by atoms with Gasteiger partial charge in [-0.15, -0.1) is 0 Å². The largest absolute Gasteiger partial charge is 0.497 e. The number of rotatable bonds is 3. The van der Waals surface area contributed by atoms with Crippen molar-refractivity contribution in [2.24, 2.45) is 5.73 Å². The second-order valence-corrected chi connectivity index (χ2v) is 5.52. The van der Waals surface area contributed by atoms with Crippen LogP contribution in [0.3, 0.4) is 0 Å². The van der Waals surface area contributed by atoms with E-state index in [1.165, 1.54) is 0 Å². The number of benzene rings is 1. The van der Waals surface area contributed by atoms with Gasteiger partial charge in [0, 0.05) is 29.4 Å². The number of hydrogen-bond acceptors (Lipinski definition) is 4. The third-order valence-corrected chi connectivity index (χ3v) is 3.66. The predicted molar refractivity (Wildman–Crippen MR) is 76.3 cm³/mol. The zero-order valence-corrected chi connectivity index (χ0v) is 12.3. The first kappa shape index (κ1) is 14.3. The molecule has 1 aliphatic rings. The maximum Gasteiger partial charge on any atom is 0.244 e. The summed E-state index contributed by atoms with van der Waals surface area (Å²) in [6.45, 7) is 1.04. The zero-order valence-electron chi connectivity index (χ0n) is 10.7. The summed E-state index contributed by atoms with van der Waals surface area (Å²) in [5.74, 6) is 0.485. The monoisotopic (exact) mass is 328 g/mol. The van der Waals surface area contributed by atoms with Gasteiger partial charge in [-0.25, -0.2) is 0 Å². The van der Waals surface area contributed by atoms with Crippen molar-refractivity contribution in [3.05, 3.63) is 22.7 Å². The standard InChI is InChI=1S/C13H17BrN2O3/c1-18-11-7-9(14)6-10(8-11)16-12(17)13(15)2-4-19-5-3-13/h6-8H,2-5,15H2,1H3,(H,16,17). The van der Waals surface area contributed by atoms with Gasteiger partial charge in [-0.2, -0.15) is 0 Å². The molecule has 1 aliphatic heterocycles. The lowest BCUT2D eigenvalue weighted by Crippen LogP contribution is -2.54. The maximum atomic E-state index is 12.3. The van der Waals surface area contributed by atoms with E-state index < -0.39 is 5.54 Å². The lowest BCUT2D eigenvalue weighted by molar-refractivity contribution is -0.124. The van der Waals surface area contributed by atoms with Crippen LogP contribution in [0.15, 0.2) is 22.7 Å². The van der Waals surface area contributed by atoms with Crippen molar-refractivity contribution in [1.29, 1.82) is 0 Å². The molecule has 0 bridgehead atoms. The van der Waals surface area contributed by atoms with Gasteiger partial charge in [0.05, 0.1) is 7.11 Å². The van der Waals surface area contributed by atoms with Gasteiger partial charge in [0.1, 0.15) is 11.3 Å². The molecule has 1 fully saturated rings. The molecule has 0 saturated carbocycles. The van der Waals surface area contributed by atoms with E-state index in [4.69, 9.17) is 15.2 Å². The summed E-state index contributed by atoms with van der Waals surface area (Å²) in [5, 5.41) is 2.84. The average Bonchev–Trinajstić information content (AvgIpc) is 2.38. The van der Waals surface area contributed by atoms with E-state index in [0.29, 0.717) is 37.5 Å². The number of hydrogen-bond donors (Lipinski definition) is 2. The molecule has 5 nitrogen and oxygen atoms in total. The fourth-order valence-electron chi connectivity index (χ4n) is 1.97. The molecule has 3 N–H and O–H groups in total. The summed E-state index contributed by atoms with van der Waals surface area (Å²) in [7, 11) is 1.58. The highest BCUT2D eigenvalue weighted by atomic mass is 79.9. The van der Waals surface area contributed by atoms with Gasteiger partial charge < -0.3 is 20.5 Å². The van der Waals surface area contributed by atoms with Gasteiger partial charge in [0.2, 0.25) is 5.91 Å². The van der Waals surface area contributed by atoms with Crippen LogP contribution in [0, 0.1) is 0 Å². The Morgan fingerprint density at radius 3 is 2.74 bits per heavy atom. The van der Waals surface area contributed by atoms with Crippen molar-refractivity contribution in [1.82, 2.24) is 0 Å². The molecule has 0 spiro atoms. The molecule has 19 heavy (non-hydrogen) atoms. The van der Waals surface area contributed by atoms with Gasteiger partial charge in [-0.05, 0) is 25.0 Å². The molecule has 6 heteroatoms. The second kappa shape index (κ2) is 5.90. The zero-order chi connectivity index (χ0) is 13.9. The van der Waals surface area contributed by atoms with Crippen LogP contribution in [0.25, 0.3) is 0 Å². The first-order valence-electron chi connectivity index (χ1n) is 6.06. The van der Waals surface area contributed by atoms with E-state index in [-0.39, 0.29) is 5.91 Å². The summed E-state index contributed by atoms with van der Waals surface area (Å²) in [6.07, 6.45) is 1.06. The van der Waals surface area contributed by atoms with Crippen LogP contribution < -0.4 is 15.8 Å². The lowest BCUT2D eigenvalue weighted by atomic mass is 9.90. The van der Waals surface area contributed by atoms with Gasteiger partial charge in [-0.3, -0.25) is 4.79 Å². The molecule has 0 unspecified atom stereocenters. The Kier molecular flexibility index (Phi) is 4.44. The van der Waals surface area contributed by atoms with Crippen LogP contribution in [-0.2, 0) is 9.53 Å². The number of nitrogens with two attached hydrogens (primary N) is 1. The Morgan fingerprint density at radius 1 is 1.42 bits per heavy atom.